The molecule has 1 heterocycles. The lowest BCUT2D eigenvalue weighted by Crippen LogP contribution is -2.70. The Balaban J connectivity index is 1.30. The second-order valence-corrected chi connectivity index (χ2v) is 16.9. The Morgan fingerprint density at radius 1 is 0.917 bits per heavy atom. The monoisotopic (exact) mass is 812 g/mol. The van der Waals surface area contributed by atoms with E-state index in [2.05, 4.69) is 49.9 Å². The molecule has 316 valence electrons. The summed E-state index contributed by atoms with van der Waals surface area (Å²) in [5.41, 5.74) is 3.89. The number of carbonyl (C=O) groups is 1. The van der Waals surface area contributed by atoms with Crippen molar-refractivity contribution in [3.05, 3.63) is 126 Å². The van der Waals surface area contributed by atoms with Gasteiger partial charge in [0, 0.05) is 43.6 Å². The lowest BCUT2D eigenvalue weighted by atomic mass is 9.55. The first kappa shape index (κ1) is 41.8. The first-order valence-corrected chi connectivity index (χ1v) is 22.2. The number of amides is 1. The summed E-state index contributed by atoms with van der Waals surface area (Å²) in [6.45, 7) is 7.55. The molecule has 0 bridgehead atoms. The second kappa shape index (κ2) is 19.2. The van der Waals surface area contributed by atoms with E-state index in [1.54, 1.807) is 6.08 Å². The summed E-state index contributed by atoms with van der Waals surface area (Å²) in [7, 11) is 0. The number of rotatable bonds is 20. The van der Waals surface area contributed by atoms with Gasteiger partial charge in [0.2, 0.25) is 11.7 Å². The fraction of sp³-hybridized carbons (Fsp3) is 0.451. The molecule has 4 aromatic rings. The molecule has 2 fully saturated rings. The van der Waals surface area contributed by atoms with Crippen LogP contribution < -0.4 is 9.47 Å². The average molecular weight is 813 g/mol. The van der Waals surface area contributed by atoms with Crippen LogP contribution in [-0.4, -0.2) is 64.9 Å². The molecule has 1 aliphatic heterocycles. The van der Waals surface area contributed by atoms with Crippen molar-refractivity contribution < 1.29 is 34.1 Å². The normalized spacial score (nSPS) is 24.8. The number of aliphatic hydroxyl groups is 2. The van der Waals surface area contributed by atoms with Crippen LogP contribution in [0.3, 0.4) is 0 Å². The fourth-order valence-electron chi connectivity index (χ4n) is 10.1. The number of benzene rings is 4. The molecule has 0 radical (unpaired) electrons. The quantitative estimate of drug-likeness (QED) is 0.0520. The third-order valence-corrected chi connectivity index (χ3v) is 12.9. The Morgan fingerprint density at radius 2 is 1.65 bits per heavy atom. The van der Waals surface area contributed by atoms with E-state index in [-0.39, 0.29) is 55.3 Å². The lowest BCUT2D eigenvalue weighted by Gasteiger charge is -2.60. The van der Waals surface area contributed by atoms with Crippen molar-refractivity contribution in [2.45, 2.75) is 95.5 Å². The molecular formula is C51H60N2O7. The van der Waals surface area contributed by atoms with E-state index < -0.39 is 11.8 Å². The van der Waals surface area contributed by atoms with Crippen molar-refractivity contribution in [2.75, 3.05) is 26.4 Å². The minimum absolute atomic E-state index is 0.00496. The van der Waals surface area contributed by atoms with Gasteiger partial charge in [-0.3, -0.25) is 4.79 Å². The van der Waals surface area contributed by atoms with E-state index in [1.807, 2.05) is 65.6 Å². The van der Waals surface area contributed by atoms with Crippen molar-refractivity contribution in [1.29, 1.82) is 0 Å². The first-order valence-electron chi connectivity index (χ1n) is 22.2. The Labute approximate surface area is 354 Å². The molecule has 60 heavy (non-hydrogen) atoms. The van der Waals surface area contributed by atoms with Crippen LogP contribution in [-0.2, 0) is 21.0 Å². The first-order chi connectivity index (χ1) is 29.5. The summed E-state index contributed by atoms with van der Waals surface area (Å²) in [5.74, 6) is 0.813. The maximum absolute atomic E-state index is 14.5. The van der Waals surface area contributed by atoms with Crippen LogP contribution in [0.5, 0.6) is 17.2 Å². The predicted octanol–water partition coefficient (Wildman–Crippen LogP) is 10.1. The van der Waals surface area contributed by atoms with Crippen molar-refractivity contribution >= 4 is 22.4 Å². The maximum Gasteiger partial charge on any atom is 0.239 e. The fourth-order valence-corrected chi connectivity index (χ4v) is 10.1. The number of oxime groups is 1. The molecule has 2 N–H and O–H groups in total. The number of hydrogen-bond acceptors (Lipinski definition) is 8. The highest BCUT2D eigenvalue weighted by atomic mass is 16.7. The number of nitrogens with zero attached hydrogens (tertiary/aromatic N) is 2. The smallest absolute Gasteiger partial charge is 0.239 e. The van der Waals surface area contributed by atoms with Crippen LogP contribution in [0.1, 0.15) is 88.2 Å². The molecule has 4 aromatic carbocycles. The molecule has 9 nitrogen and oxygen atoms in total. The Bertz CT molecular complexity index is 2170. The summed E-state index contributed by atoms with van der Waals surface area (Å²) in [4.78, 5) is 22.8. The third kappa shape index (κ3) is 8.76. The number of aliphatic hydroxyl groups excluding tert-OH is 2. The van der Waals surface area contributed by atoms with Gasteiger partial charge in [0.1, 0.15) is 29.9 Å². The summed E-state index contributed by atoms with van der Waals surface area (Å²) in [6.07, 6.45) is 12.0. The zero-order valence-corrected chi connectivity index (χ0v) is 34.9. The molecule has 6 atom stereocenters. The van der Waals surface area contributed by atoms with Gasteiger partial charge in [-0.15, -0.1) is 6.58 Å². The van der Waals surface area contributed by atoms with Crippen molar-refractivity contribution in [1.82, 2.24) is 4.90 Å². The van der Waals surface area contributed by atoms with E-state index >= 15 is 0 Å². The number of carbonyl (C=O) groups excluding carboxylic acids is 1. The van der Waals surface area contributed by atoms with Crippen LogP contribution in [0, 0.1) is 23.7 Å². The highest BCUT2D eigenvalue weighted by Crippen LogP contribution is 2.62. The standard InChI is InChI=1S/C51H60N2O7/c1-3-26-53(50(56)37-20-21-37)47-33-45(52-58-34-35-14-6-5-7-15-35)43-31-39(18-10-12-27-54)42(19-11-13-28-55)48-44-32-41(59-40-23-22-36-16-8-9-17-38(36)30-40)24-25-46(44)60-51(47,49(43)48)57-29-4-2/h4-9,14-17,22-25,30-32,37,39,42,47-49,54-55H,2-3,10-13,18-21,26-29,33-34H2,1H3. The highest BCUT2D eigenvalue weighted by Gasteiger charge is 2.65. The van der Waals surface area contributed by atoms with E-state index in [9.17, 15) is 15.0 Å². The minimum Gasteiger partial charge on any atom is -0.459 e. The summed E-state index contributed by atoms with van der Waals surface area (Å²) in [6, 6.07) is 30.1. The van der Waals surface area contributed by atoms with E-state index in [0.717, 1.165) is 89.6 Å². The largest absolute Gasteiger partial charge is 0.459 e. The summed E-state index contributed by atoms with van der Waals surface area (Å²) >= 11 is 0. The maximum atomic E-state index is 14.5. The lowest BCUT2D eigenvalue weighted by molar-refractivity contribution is -0.257. The zero-order valence-electron chi connectivity index (χ0n) is 34.9. The molecule has 6 unspecified atom stereocenters. The van der Waals surface area contributed by atoms with Crippen LogP contribution in [0.2, 0.25) is 0 Å². The van der Waals surface area contributed by atoms with Gasteiger partial charge in [-0.25, -0.2) is 0 Å². The van der Waals surface area contributed by atoms with E-state index in [0.29, 0.717) is 38.2 Å². The van der Waals surface area contributed by atoms with Crippen LogP contribution in [0.15, 0.2) is 120 Å². The number of ether oxygens (including phenoxy) is 3. The van der Waals surface area contributed by atoms with E-state index in [4.69, 9.17) is 24.2 Å². The van der Waals surface area contributed by atoms with Gasteiger partial charge >= 0.3 is 0 Å². The molecule has 1 amide bonds. The molecule has 3 aliphatic carbocycles. The summed E-state index contributed by atoms with van der Waals surface area (Å²) in [5, 5.41) is 27.1. The van der Waals surface area contributed by atoms with Crippen molar-refractivity contribution in [3.63, 3.8) is 0 Å². The predicted molar refractivity (Wildman–Crippen MR) is 235 cm³/mol. The molecular weight excluding hydrogens is 753 g/mol. The van der Waals surface area contributed by atoms with Gasteiger partial charge in [-0.05, 0) is 109 Å². The number of hydrogen-bond donors (Lipinski definition) is 2. The molecule has 0 aromatic heterocycles. The number of fused-ring (bicyclic) bond motifs is 3. The van der Waals surface area contributed by atoms with Gasteiger partial charge < -0.3 is 34.2 Å². The molecule has 2 saturated carbocycles. The third-order valence-electron chi connectivity index (χ3n) is 12.9. The molecule has 0 saturated heterocycles. The highest BCUT2D eigenvalue weighted by molar-refractivity contribution is 6.03. The van der Waals surface area contributed by atoms with E-state index in [1.165, 1.54) is 0 Å². The SMILES string of the molecule is C=CCOC12Oc3ccc(Oc4ccc5ccccc5c4)cc3C3C(CCCCO)C(CCCCO)C=C(C(=NOCc4ccccc4)CC1N(CCC)C(=O)C1CC1)C32. The summed E-state index contributed by atoms with van der Waals surface area (Å²) < 4.78 is 21.2. The Morgan fingerprint density at radius 3 is 2.40 bits per heavy atom. The second-order valence-electron chi connectivity index (χ2n) is 16.9. The average Bonchev–Trinajstić information content (AvgIpc) is 4.13. The van der Waals surface area contributed by atoms with Crippen molar-refractivity contribution in [3.8, 4) is 17.2 Å². The Kier molecular flexibility index (Phi) is 13.3. The van der Waals surface area contributed by atoms with Crippen LogP contribution >= 0.6 is 0 Å². The molecule has 8 rings (SSSR count). The van der Waals surface area contributed by atoms with Gasteiger partial charge in [0.25, 0.3) is 0 Å². The number of allylic oxidation sites excluding steroid dienone is 1. The van der Waals surface area contributed by atoms with Gasteiger partial charge in [-0.2, -0.15) is 0 Å². The Hall–Kier alpha value is -4.96. The van der Waals surface area contributed by atoms with Crippen LogP contribution in [0.25, 0.3) is 10.8 Å². The van der Waals surface area contributed by atoms with Gasteiger partial charge in [-0.1, -0.05) is 97.7 Å². The van der Waals surface area contributed by atoms with Crippen molar-refractivity contribution in [2.24, 2.45) is 28.8 Å². The minimum atomic E-state index is -1.26. The van der Waals surface area contributed by atoms with Gasteiger partial charge in [0.15, 0.2) is 0 Å². The topological polar surface area (TPSA) is 110 Å². The van der Waals surface area contributed by atoms with Gasteiger partial charge in [0.05, 0.1) is 18.2 Å². The van der Waals surface area contributed by atoms with Crippen LogP contribution in [0.4, 0.5) is 0 Å². The molecule has 9 heteroatoms. The molecule has 4 aliphatic rings. The molecule has 0 spiro atoms. The zero-order chi connectivity index (χ0) is 41.5. The number of unbranched alkanes of at least 4 members (excludes halogenated alkanes) is 2.